The molecule has 3 rings (SSSR count). The quantitative estimate of drug-likeness (QED) is 0.594. The zero-order valence-electron chi connectivity index (χ0n) is 14.3. The zero-order valence-corrected chi connectivity index (χ0v) is 15.8. The van der Waals surface area contributed by atoms with Gasteiger partial charge in [-0.3, -0.25) is 9.47 Å². The number of amides is 1. The van der Waals surface area contributed by atoms with Crippen molar-refractivity contribution in [2.24, 2.45) is 0 Å². The number of carbonyl (C=O) groups is 1. The molecule has 1 aliphatic heterocycles. The number of imidazole rings is 1. The molecule has 0 fully saturated rings. The third-order valence-corrected chi connectivity index (χ3v) is 4.61. The predicted molar refractivity (Wildman–Crippen MR) is 98.4 cm³/mol. The Labute approximate surface area is 164 Å². The van der Waals surface area contributed by atoms with Crippen LogP contribution in [0.2, 0.25) is 10.3 Å². The van der Waals surface area contributed by atoms with Crippen LogP contribution in [0.15, 0.2) is 24.4 Å². The van der Waals surface area contributed by atoms with E-state index in [2.05, 4.69) is 4.98 Å². The lowest BCUT2D eigenvalue weighted by molar-refractivity contribution is -0.389. The van der Waals surface area contributed by atoms with Gasteiger partial charge in [0.15, 0.2) is 0 Å². The number of rotatable bonds is 5. The van der Waals surface area contributed by atoms with Crippen molar-refractivity contribution < 1.29 is 19.6 Å². The zero-order chi connectivity index (χ0) is 19.8. The second-order valence-electron chi connectivity index (χ2n) is 6.48. The van der Waals surface area contributed by atoms with Gasteiger partial charge in [0.05, 0.1) is 12.2 Å². The second kappa shape index (κ2) is 7.34. The van der Waals surface area contributed by atoms with Crippen LogP contribution in [0.1, 0.15) is 12.5 Å². The van der Waals surface area contributed by atoms with Gasteiger partial charge in [0, 0.05) is 11.6 Å². The highest BCUT2D eigenvalue weighted by Crippen LogP contribution is 2.31. The molecule has 2 heterocycles. The van der Waals surface area contributed by atoms with Crippen LogP contribution >= 0.6 is 23.2 Å². The van der Waals surface area contributed by atoms with Crippen LogP contribution in [-0.2, 0) is 17.7 Å². The summed E-state index contributed by atoms with van der Waals surface area (Å²) in [4.78, 5) is 27.5. The lowest BCUT2D eigenvalue weighted by atomic mass is 10.1. The second-order valence-corrected chi connectivity index (χ2v) is 7.25. The Balaban J connectivity index is 1.62. The number of hydrogen-bond donors (Lipinski definition) is 1. The van der Waals surface area contributed by atoms with Crippen LogP contribution in [-0.4, -0.2) is 44.4 Å². The maximum absolute atomic E-state index is 12.4. The van der Waals surface area contributed by atoms with E-state index in [9.17, 15) is 20.0 Å². The van der Waals surface area contributed by atoms with Crippen molar-refractivity contribution in [3.63, 3.8) is 0 Å². The fourth-order valence-corrected chi connectivity index (χ4v) is 3.24. The number of benzene rings is 1. The first-order chi connectivity index (χ1) is 12.7. The largest absolute Gasteiger partial charge is 0.446 e. The molecule has 1 amide bonds. The molecule has 1 aromatic carbocycles. The highest BCUT2D eigenvalue weighted by atomic mass is 35.5. The van der Waals surface area contributed by atoms with E-state index < -0.39 is 22.4 Å². The minimum atomic E-state index is -1.50. The molecule has 9 nitrogen and oxygen atoms in total. The lowest BCUT2D eigenvalue weighted by Crippen LogP contribution is -2.39. The molecular formula is C16H16Cl2N4O5. The van der Waals surface area contributed by atoms with Gasteiger partial charge >= 0.3 is 17.2 Å². The van der Waals surface area contributed by atoms with Crippen LogP contribution in [0.5, 0.6) is 0 Å². The molecule has 1 N–H and O–H groups in total. The first-order valence-electron chi connectivity index (χ1n) is 7.98. The average Bonchev–Trinajstić information content (AvgIpc) is 3.16. The van der Waals surface area contributed by atoms with Gasteiger partial charge in [-0.1, -0.05) is 11.6 Å². The number of fused-ring (bicyclic) bond motifs is 1. The van der Waals surface area contributed by atoms with E-state index in [-0.39, 0.29) is 18.4 Å². The fourth-order valence-electron chi connectivity index (χ4n) is 2.85. The number of nitro groups is 1. The normalized spacial score (nSPS) is 15.3. The molecule has 27 heavy (non-hydrogen) atoms. The van der Waals surface area contributed by atoms with Gasteiger partial charge in [-0.2, -0.15) is 0 Å². The number of hydrogen-bond acceptors (Lipinski definition) is 6. The molecule has 1 aromatic heterocycles. The monoisotopic (exact) mass is 414 g/mol. The Morgan fingerprint density at radius 2 is 2.22 bits per heavy atom. The van der Waals surface area contributed by atoms with Gasteiger partial charge in [0.2, 0.25) is 0 Å². The highest BCUT2D eigenvalue weighted by Gasteiger charge is 2.31. The molecule has 0 saturated heterocycles. The van der Waals surface area contributed by atoms with E-state index in [1.807, 2.05) is 0 Å². The van der Waals surface area contributed by atoms with Crippen molar-refractivity contribution in [3.05, 3.63) is 50.4 Å². The molecule has 1 aliphatic rings. The number of aromatic nitrogens is 2. The molecule has 0 spiro atoms. The van der Waals surface area contributed by atoms with E-state index in [1.54, 1.807) is 18.2 Å². The molecule has 144 valence electrons. The molecular weight excluding hydrogens is 399 g/mol. The summed E-state index contributed by atoms with van der Waals surface area (Å²) in [6.07, 6.45) is 1.17. The first kappa shape index (κ1) is 19.4. The number of aliphatic hydroxyl groups is 1. The predicted octanol–water partition coefficient (Wildman–Crippen LogP) is 3.05. The van der Waals surface area contributed by atoms with Crippen molar-refractivity contribution in [2.75, 3.05) is 18.1 Å². The van der Waals surface area contributed by atoms with Gasteiger partial charge < -0.3 is 20.0 Å². The SMILES string of the molecule is C[C@](O)(COC(=O)N1CCc2cc(Cl)ccc21)Cn1cc([N+](=O)[O-])nc1Cl. The molecule has 0 radical (unpaired) electrons. The third-order valence-electron chi connectivity index (χ3n) is 4.08. The summed E-state index contributed by atoms with van der Waals surface area (Å²) >= 11 is 11.8. The number of nitrogens with zero attached hydrogens (tertiary/aromatic N) is 4. The maximum Gasteiger partial charge on any atom is 0.414 e. The summed E-state index contributed by atoms with van der Waals surface area (Å²) in [6, 6.07) is 5.23. The number of anilines is 1. The molecule has 11 heteroatoms. The fraction of sp³-hybridized carbons (Fsp3) is 0.375. The van der Waals surface area contributed by atoms with Crippen molar-refractivity contribution >= 4 is 40.8 Å². The van der Waals surface area contributed by atoms with Crippen molar-refractivity contribution in [3.8, 4) is 0 Å². The van der Waals surface area contributed by atoms with Crippen molar-refractivity contribution in [1.29, 1.82) is 0 Å². The molecule has 0 unspecified atom stereocenters. The van der Waals surface area contributed by atoms with Gasteiger partial charge in [-0.05, 0) is 58.6 Å². The van der Waals surface area contributed by atoms with Crippen molar-refractivity contribution in [2.45, 2.75) is 25.5 Å². The Morgan fingerprint density at radius 1 is 1.48 bits per heavy atom. The molecule has 1 atom stereocenters. The van der Waals surface area contributed by atoms with Crippen LogP contribution in [0.25, 0.3) is 0 Å². The third kappa shape index (κ3) is 4.32. The Kier molecular flexibility index (Phi) is 5.27. The average molecular weight is 415 g/mol. The minimum absolute atomic E-state index is 0.133. The number of halogens is 2. The van der Waals surface area contributed by atoms with Crippen LogP contribution in [0.3, 0.4) is 0 Å². The Hall–Kier alpha value is -2.36. The Morgan fingerprint density at radius 3 is 2.89 bits per heavy atom. The first-order valence-corrected chi connectivity index (χ1v) is 8.74. The topological polar surface area (TPSA) is 111 Å². The minimum Gasteiger partial charge on any atom is -0.446 e. The number of carbonyl (C=O) groups excluding carboxylic acids is 1. The smallest absolute Gasteiger partial charge is 0.414 e. The van der Waals surface area contributed by atoms with Crippen LogP contribution < -0.4 is 4.90 Å². The van der Waals surface area contributed by atoms with Gasteiger partial charge in [0.1, 0.15) is 18.4 Å². The summed E-state index contributed by atoms with van der Waals surface area (Å²) in [5, 5.41) is 21.7. The van der Waals surface area contributed by atoms with Crippen LogP contribution in [0.4, 0.5) is 16.3 Å². The molecule has 2 aromatic rings. The van der Waals surface area contributed by atoms with Crippen LogP contribution in [0, 0.1) is 10.1 Å². The summed E-state index contributed by atoms with van der Waals surface area (Å²) < 4.78 is 6.46. The Bertz CT molecular complexity index is 899. The standard InChI is InChI=1S/C16H16Cl2N4O5/c1-16(24,8-20-7-13(22(25)26)19-14(20)18)9-27-15(23)21-5-4-10-6-11(17)2-3-12(10)21/h2-3,6-7,24H,4-5,8-9H2,1H3/t16-/m1/s1. The molecule has 0 aliphatic carbocycles. The highest BCUT2D eigenvalue weighted by molar-refractivity contribution is 6.30. The van der Waals surface area contributed by atoms with E-state index in [4.69, 9.17) is 27.9 Å². The van der Waals surface area contributed by atoms with Gasteiger partial charge in [0.25, 0.3) is 0 Å². The number of ether oxygens (including phenoxy) is 1. The van der Waals surface area contributed by atoms with E-state index in [0.29, 0.717) is 18.0 Å². The van der Waals surface area contributed by atoms with E-state index in [0.717, 1.165) is 17.4 Å². The summed E-state index contributed by atoms with van der Waals surface area (Å²) in [5.41, 5.74) is 0.164. The van der Waals surface area contributed by atoms with E-state index in [1.165, 1.54) is 16.4 Å². The van der Waals surface area contributed by atoms with Gasteiger partial charge in [-0.15, -0.1) is 0 Å². The van der Waals surface area contributed by atoms with Crippen molar-refractivity contribution in [1.82, 2.24) is 9.55 Å². The van der Waals surface area contributed by atoms with Gasteiger partial charge in [-0.25, -0.2) is 4.79 Å². The molecule has 0 bridgehead atoms. The molecule has 0 saturated carbocycles. The lowest BCUT2D eigenvalue weighted by Gasteiger charge is -2.25. The maximum atomic E-state index is 12.4. The summed E-state index contributed by atoms with van der Waals surface area (Å²) in [5.74, 6) is -0.430. The summed E-state index contributed by atoms with van der Waals surface area (Å²) in [6.45, 7) is 1.43. The van der Waals surface area contributed by atoms with E-state index >= 15 is 0 Å². The summed E-state index contributed by atoms with van der Waals surface area (Å²) in [7, 11) is 0.